The largest absolute Gasteiger partial charge is 0.371 e. The van der Waals surface area contributed by atoms with Crippen molar-refractivity contribution in [3.05, 3.63) is 89.6 Å². The molecular weight excluding hydrogens is 423 g/mol. The van der Waals surface area contributed by atoms with E-state index >= 15 is 4.39 Å². The Bertz CT molecular complexity index is 1230. The number of likely N-dealkylation sites (tertiary alicyclic amines) is 1. The molecule has 2 aromatic carbocycles. The molecule has 5 heteroatoms. The monoisotopic (exact) mass is 452 g/mol. The number of alkyl halides is 1. The summed E-state index contributed by atoms with van der Waals surface area (Å²) in [5.74, 6) is 1.04. The van der Waals surface area contributed by atoms with Gasteiger partial charge in [-0.25, -0.2) is 9.37 Å². The van der Waals surface area contributed by atoms with Crippen LogP contribution in [0.2, 0.25) is 0 Å². The summed E-state index contributed by atoms with van der Waals surface area (Å²) in [5.41, 5.74) is 5.26. The van der Waals surface area contributed by atoms with Crippen molar-refractivity contribution in [2.24, 2.45) is 0 Å². The summed E-state index contributed by atoms with van der Waals surface area (Å²) in [6.07, 6.45) is 4.00. The molecule has 0 spiro atoms. The van der Waals surface area contributed by atoms with Crippen molar-refractivity contribution in [3.8, 4) is 17.2 Å². The Morgan fingerprint density at radius 3 is 2.35 bits per heavy atom. The molecule has 0 amide bonds. The molecule has 0 radical (unpaired) electrons. The highest BCUT2D eigenvalue weighted by Gasteiger charge is 2.36. The first kappa shape index (κ1) is 22.2. The average Bonchev–Trinajstić information content (AvgIpc) is 2.84. The number of pyridine rings is 1. The van der Waals surface area contributed by atoms with Crippen LogP contribution >= 0.6 is 0 Å². The predicted molar refractivity (Wildman–Crippen MR) is 135 cm³/mol. The number of hydrogen-bond donors (Lipinski definition) is 0. The first-order chi connectivity index (χ1) is 16.5. The molecule has 0 atom stereocenters. The summed E-state index contributed by atoms with van der Waals surface area (Å²) in [6.45, 7) is 9.84. The number of piperidine rings is 1. The van der Waals surface area contributed by atoms with Crippen LogP contribution in [-0.2, 0) is 5.67 Å². The lowest BCUT2D eigenvalue weighted by atomic mass is 9.85. The van der Waals surface area contributed by atoms with Crippen LogP contribution in [0.3, 0.4) is 0 Å². The number of hydrogen-bond acceptors (Lipinski definition) is 4. The van der Waals surface area contributed by atoms with E-state index < -0.39 is 5.67 Å². The lowest BCUT2D eigenvalue weighted by Gasteiger charge is -2.39. The highest BCUT2D eigenvalue weighted by atomic mass is 19.1. The molecule has 3 aromatic rings. The maximum Gasteiger partial charge on any atom is 0.139 e. The summed E-state index contributed by atoms with van der Waals surface area (Å²) >= 11 is 0. The van der Waals surface area contributed by atoms with Gasteiger partial charge in [-0.2, -0.15) is 5.26 Å². The zero-order valence-corrected chi connectivity index (χ0v) is 19.6. The number of nitrogens with zero attached hydrogens (tertiary/aromatic N) is 4. The highest BCUT2D eigenvalue weighted by Crippen LogP contribution is 2.39. The molecule has 5 rings (SSSR count). The smallest absolute Gasteiger partial charge is 0.139 e. The number of rotatable bonds is 5. The first-order valence-electron chi connectivity index (χ1n) is 11.9. The van der Waals surface area contributed by atoms with Gasteiger partial charge in [-0.3, -0.25) is 0 Å². The molecule has 0 unspecified atom stereocenters. The van der Waals surface area contributed by atoms with E-state index in [9.17, 15) is 0 Å². The molecular formula is C29H29FN4. The van der Waals surface area contributed by atoms with Gasteiger partial charge in [0.15, 0.2) is 0 Å². The van der Waals surface area contributed by atoms with Gasteiger partial charge < -0.3 is 9.80 Å². The third kappa shape index (κ3) is 4.17. The Balaban J connectivity index is 1.30. The molecule has 2 saturated heterocycles. The Hall–Kier alpha value is -3.65. The molecule has 4 nitrogen and oxygen atoms in total. The van der Waals surface area contributed by atoms with Gasteiger partial charge in [-0.15, -0.1) is 0 Å². The maximum atomic E-state index is 15.7. The zero-order valence-electron chi connectivity index (χ0n) is 19.6. The van der Waals surface area contributed by atoms with E-state index in [-0.39, 0.29) is 0 Å². The van der Waals surface area contributed by atoms with Gasteiger partial charge >= 0.3 is 0 Å². The second-order valence-corrected chi connectivity index (χ2v) is 9.36. The molecule has 172 valence electrons. The summed E-state index contributed by atoms with van der Waals surface area (Å²) in [6, 6.07) is 19.6. The normalized spacial score (nSPS) is 17.1. The van der Waals surface area contributed by atoms with Crippen LogP contribution in [0.5, 0.6) is 0 Å². The standard InChI is InChI=1S/C29H29FN4/c1-21-4-7-24(18-27(21)25-8-11-28(32-20-25)34-14-3-15-34)22(2)33-16-12-29(30,13-17-33)26-9-5-23(19-31)6-10-26/h4-11,18,20H,2-3,12-17H2,1H3. The maximum absolute atomic E-state index is 15.7. The Kier molecular flexibility index (Phi) is 5.83. The minimum absolute atomic E-state index is 0.401. The van der Waals surface area contributed by atoms with E-state index in [4.69, 9.17) is 5.26 Å². The quantitative estimate of drug-likeness (QED) is 0.471. The first-order valence-corrected chi connectivity index (χ1v) is 11.9. The number of nitriles is 1. The number of halogens is 1. The molecule has 34 heavy (non-hydrogen) atoms. The average molecular weight is 453 g/mol. The fourth-order valence-electron chi connectivity index (χ4n) is 4.84. The molecule has 3 heterocycles. The number of anilines is 1. The van der Waals surface area contributed by atoms with Crippen LogP contribution in [-0.4, -0.2) is 36.1 Å². The third-order valence-corrected chi connectivity index (χ3v) is 7.28. The molecule has 1 aromatic heterocycles. The van der Waals surface area contributed by atoms with Crippen molar-refractivity contribution in [2.75, 3.05) is 31.1 Å². The summed E-state index contributed by atoms with van der Waals surface area (Å²) in [5, 5.41) is 9.00. The molecule has 2 aliphatic heterocycles. The third-order valence-electron chi connectivity index (χ3n) is 7.28. The fourth-order valence-corrected chi connectivity index (χ4v) is 4.84. The van der Waals surface area contributed by atoms with Gasteiger partial charge in [0.25, 0.3) is 0 Å². The van der Waals surface area contributed by atoms with E-state index in [2.05, 4.69) is 64.7 Å². The van der Waals surface area contributed by atoms with Crippen LogP contribution < -0.4 is 4.90 Å². The summed E-state index contributed by atoms with van der Waals surface area (Å²) in [7, 11) is 0. The van der Waals surface area contributed by atoms with E-state index in [1.165, 1.54) is 12.0 Å². The van der Waals surface area contributed by atoms with Gasteiger partial charge in [-0.1, -0.05) is 30.8 Å². The second-order valence-electron chi connectivity index (χ2n) is 9.36. The van der Waals surface area contributed by atoms with Crippen molar-refractivity contribution in [1.82, 2.24) is 9.88 Å². The molecule has 2 aliphatic rings. The Morgan fingerprint density at radius 2 is 1.76 bits per heavy atom. The van der Waals surface area contributed by atoms with Crippen molar-refractivity contribution in [2.45, 2.75) is 31.9 Å². The van der Waals surface area contributed by atoms with Crippen LogP contribution in [0.4, 0.5) is 10.2 Å². The number of benzene rings is 2. The van der Waals surface area contributed by atoms with Crippen molar-refractivity contribution >= 4 is 11.5 Å². The van der Waals surface area contributed by atoms with Gasteiger partial charge in [0.1, 0.15) is 11.5 Å². The highest BCUT2D eigenvalue weighted by molar-refractivity contribution is 5.74. The zero-order chi connectivity index (χ0) is 23.7. The molecule has 0 aliphatic carbocycles. The van der Waals surface area contributed by atoms with Crippen LogP contribution in [0, 0.1) is 18.3 Å². The molecule has 0 saturated carbocycles. The van der Waals surface area contributed by atoms with E-state index in [1.54, 1.807) is 24.3 Å². The van der Waals surface area contributed by atoms with Crippen molar-refractivity contribution in [3.63, 3.8) is 0 Å². The topological polar surface area (TPSA) is 43.2 Å². The predicted octanol–water partition coefficient (Wildman–Crippen LogP) is 6.07. The van der Waals surface area contributed by atoms with E-state index in [0.717, 1.165) is 41.3 Å². The minimum atomic E-state index is -1.37. The SMILES string of the molecule is C=C(c1ccc(C)c(-c2ccc(N3CCC3)nc2)c1)N1CCC(F)(c2ccc(C#N)cc2)CC1. The molecule has 0 bridgehead atoms. The van der Waals surface area contributed by atoms with Gasteiger partial charge in [-0.05, 0) is 65.9 Å². The fraction of sp³-hybridized carbons (Fsp3) is 0.310. The number of aromatic nitrogens is 1. The Morgan fingerprint density at radius 1 is 1.03 bits per heavy atom. The van der Waals surface area contributed by atoms with Crippen LogP contribution in [0.15, 0.2) is 67.4 Å². The number of aryl methyl sites for hydroxylation is 1. The second kappa shape index (κ2) is 8.95. The van der Waals surface area contributed by atoms with E-state index in [0.29, 0.717) is 37.1 Å². The lowest BCUT2D eigenvalue weighted by molar-refractivity contribution is 0.0794. The van der Waals surface area contributed by atoms with Gasteiger partial charge in [0.2, 0.25) is 0 Å². The summed E-state index contributed by atoms with van der Waals surface area (Å²) in [4.78, 5) is 9.14. The summed E-state index contributed by atoms with van der Waals surface area (Å²) < 4.78 is 15.7. The van der Waals surface area contributed by atoms with Gasteiger partial charge in [0.05, 0.1) is 11.6 Å². The molecule has 2 fully saturated rings. The lowest BCUT2D eigenvalue weighted by Crippen LogP contribution is -2.39. The van der Waals surface area contributed by atoms with E-state index in [1.807, 2.05) is 6.20 Å². The van der Waals surface area contributed by atoms with Gasteiger partial charge in [0, 0.05) is 56.5 Å². The van der Waals surface area contributed by atoms with Crippen molar-refractivity contribution in [1.29, 1.82) is 5.26 Å². The van der Waals surface area contributed by atoms with Crippen LogP contribution in [0.1, 0.15) is 41.5 Å². The minimum Gasteiger partial charge on any atom is -0.371 e. The van der Waals surface area contributed by atoms with Crippen LogP contribution in [0.25, 0.3) is 16.8 Å². The Labute approximate surface area is 201 Å². The molecule has 0 N–H and O–H groups in total. The van der Waals surface area contributed by atoms with Crippen molar-refractivity contribution < 1.29 is 4.39 Å².